The lowest BCUT2D eigenvalue weighted by molar-refractivity contribution is -0.133. The largest absolute Gasteiger partial charge is 0.355 e. The highest BCUT2D eigenvalue weighted by Crippen LogP contribution is 2.35. The minimum Gasteiger partial charge on any atom is -0.355 e. The van der Waals surface area contributed by atoms with Crippen LogP contribution in [-0.2, 0) is 11.2 Å². The molecule has 0 N–H and O–H groups in total. The van der Waals surface area contributed by atoms with Crippen molar-refractivity contribution in [3.63, 3.8) is 0 Å². The maximum absolute atomic E-state index is 13.0. The third-order valence-electron chi connectivity index (χ3n) is 5.67. The van der Waals surface area contributed by atoms with E-state index in [9.17, 15) is 4.79 Å². The topological polar surface area (TPSA) is 49.3 Å². The Morgan fingerprint density at radius 2 is 1.92 bits per heavy atom. The van der Waals surface area contributed by atoms with Crippen molar-refractivity contribution in [3.05, 3.63) is 53.7 Å². The predicted molar refractivity (Wildman–Crippen MR) is 97.5 cm³/mol. The van der Waals surface area contributed by atoms with E-state index in [1.165, 1.54) is 11.1 Å². The van der Waals surface area contributed by atoms with E-state index in [4.69, 9.17) is 0 Å². The van der Waals surface area contributed by atoms with Gasteiger partial charge in [-0.3, -0.25) is 4.79 Å². The molecular weight excluding hydrogens is 312 g/mol. The van der Waals surface area contributed by atoms with Crippen LogP contribution in [0.4, 0.5) is 5.82 Å². The lowest BCUT2D eigenvalue weighted by atomic mass is 9.97. The average Bonchev–Trinajstić information content (AvgIpc) is 3.12. The number of piperidine rings is 1. The minimum absolute atomic E-state index is 0.0606. The summed E-state index contributed by atoms with van der Waals surface area (Å²) in [5, 5.41) is 8.15. The summed E-state index contributed by atoms with van der Waals surface area (Å²) in [6.07, 6.45) is 5.63. The summed E-state index contributed by atoms with van der Waals surface area (Å²) in [6, 6.07) is 12.7. The maximum atomic E-state index is 13.0. The summed E-state index contributed by atoms with van der Waals surface area (Å²) in [7, 11) is 2.07. The third-order valence-corrected chi connectivity index (χ3v) is 5.67. The molecule has 1 aliphatic heterocycles. The normalized spacial score (nSPS) is 20.4. The standard InChI is InChI=1S/C20H24N4O/c1-23(19-7-4-12-21-22-19)16-10-13-24(14-11-16)20(25)18-9-8-15-5-2-3-6-17(15)18/h2-7,12,16,18H,8-11,13-14H2,1H3/t18-/m0/s1. The van der Waals surface area contributed by atoms with Crippen LogP contribution in [0, 0.1) is 0 Å². The maximum Gasteiger partial charge on any atom is 0.230 e. The van der Waals surface area contributed by atoms with Gasteiger partial charge in [0.15, 0.2) is 5.82 Å². The first-order valence-corrected chi connectivity index (χ1v) is 9.11. The van der Waals surface area contributed by atoms with E-state index in [2.05, 4.69) is 45.2 Å². The van der Waals surface area contributed by atoms with Crippen molar-refractivity contribution >= 4 is 11.7 Å². The van der Waals surface area contributed by atoms with E-state index in [1.807, 2.05) is 18.2 Å². The molecule has 25 heavy (non-hydrogen) atoms. The molecule has 4 rings (SSSR count). The molecule has 2 aliphatic rings. The summed E-state index contributed by atoms with van der Waals surface area (Å²) in [4.78, 5) is 17.3. The molecule has 5 heteroatoms. The number of amides is 1. The Morgan fingerprint density at radius 1 is 1.12 bits per heavy atom. The molecule has 0 saturated carbocycles. The fraction of sp³-hybridized carbons (Fsp3) is 0.450. The Bertz CT molecular complexity index is 740. The van der Waals surface area contributed by atoms with Crippen molar-refractivity contribution in [1.29, 1.82) is 0 Å². The Balaban J connectivity index is 1.38. The molecule has 2 heterocycles. The van der Waals surface area contributed by atoms with Crippen molar-refractivity contribution in [1.82, 2.24) is 15.1 Å². The van der Waals surface area contributed by atoms with E-state index >= 15 is 0 Å². The van der Waals surface area contributed by atoms with Crippen molar-refractivity contribution in [2.75, 3.05) is 25.0 Å². The molecule has 1 fully saturated rings. The summed E-state index contributed by atoms with van der Waals surface area (Å²) >= 11 is 0. The van der Waals surface area contributed by atoms with Gasteiger partial charge in [0, 0.05) is 32.4 Å². The quantitative estimate of drug-likeness (QED) is 0.864. The first-order chi connectivity index (χ1) is 12.2. The number of carbonyl (C=O) groups is 1. The van der Waals surface area contributed by atoms with Crippen LogP contribution in [0.5, 0.6) is 0 Å². The molecule has 130 valence electrons. The molecule has 1 aliphatic carbocycles. The Morgan fingerprint density at radius 3 is 2.68 bits per heavy atom. The van der Waals surface area contributed by atoms with Gasteiger partial charge < -0.3 is 9.80 Å². The van der Waals surface area contributed by atoms with Gasteiger partial charge in [-0.2, -0.15) is 5.10 Å². The number of hydrogen-bond donors (Lipinski definition) is 0. The first-order valence-electron chi connectivity index (χ1n) is 9.11. The van der Waals surface area contributed by atoms with Gasteiger partial charge in [-0.25, -0.2) is 0 Å². The van der Waals surface area contributed by atoms with Crippen molar-refractivity contribution in [2.24, 2.45) is 0 Å². The Labute approximate surface area is 148 Å². The summed E-state index contributed by atoms with van der Waals surface area (Å²) < 4.78 is 0. The second-order valence-electron chi connectivity index (χ2n) is 7.04. The fourth-order valence-corrected chi connectivity index (χ4v) is 4.18. The third kappa shape index (κ3) is 3.11. The number of aromatic nitrogens is 2. The van der Waals surface area contributed by atoms with Gasteiger partial charge in [0.25, 0.3) is 0 Å². The van der Waals surface area contributed by atoms with E-state index in [-0.39, 0.29) is 5.92 Å². The van der Waals surface area contributed by atoms with Crippen LogP contribution in [-0.4, -0.2) is 47.2 Å². The zero-order valence-electron chi connectivity index (χ0n) is 14.6. The van der Waals surface area contributed by atoms with Crippen LogP contribution in [0.15, 0.2) is 42.6 Å². The highest BCUT2D eigenvalue weighted by Gasteiger charge is 2.34. The number of benzene rings is 1. The predicted octanol–water partition coefficient (Wildman–Crippen LogP) is 2.63. The van der Waals surface area contributed by atoms with E-state index < -0.39 is 0 Å². The van der Waals surface area contributed by atoms with E-state index in [1.54, 1.807) is 6.20 Å². The second kappa shape index (κ2) is 6.82. The van der Waals surface area contributed by atoms with Crippen molar-refractivity contribution in [3.8, 4) is 0 Å². The van der Waals surface area contributed by atoms with Crippen LogP contribution in [0.2, 0.25) is 0 Å². The van der Waals surface area contributed by atoms with Gasteiger partial charge in [0.2, 0.25) is 5.91 Å². The number of hydrogen-bond acceptors (Lipinski definition) is 4. The highest BCUT2D eigenvalue weighted by atomic mass is 16.2. The Hall–Kier alpha value is -2.43. The molecule has 1 saturated heterocycles. The van der Waals surface area contributed by atoms with Gasteiger partial charge in [0.05, 0.1) is 5.92 Å². The molecule has 2 aromatic rings. The molecule has 0 spiro atoms. The molecule has 0 bridgehead atoms. The number of likely N-dealkylation sites (tertiary alicyclic amines) is 1. The van der Waals surface area contributed by atoms with Gasteiger partial charge in [-0.1, -0.05) is 24.3 Å². The molecule has 1 atom stereocenters. The summed E-state index contributed by atoms with van der Waals surface area (Å²) in [5.74, 6) is 1.27. The van der Waals surface area contributed by atoms with Crippen LogP contribution in [0.25, 0.3) is 0 Å². The average molecular weight is 336 g/mol. The van der Waals surface area contributed by atoms with Gasteiger partial charge in [-0.05, 0) is 48.9 Å². The molecule has 5 nitrogen and oxygen atoms in total. The van der Waals surface area contributed by atoms with Gasteiger partial charge in [-0.15, -0.1) is 5.10 Å². The minimum atomic E-state index is 0.0606. The van der Waals surface area contributed by atoms with Gasteiger partial charge >= 0.3 is 0 Å². The zero-order chi connectivity index (χ0) is 17.2. The van der Waals surface area contributed by atoms with E-state index in [0.29, 0.717) is 11.9 Å². The molecular formula is C20H24N4O. The number of rotatable bonds is 3. The second-order valence-corrected chi connectivity index (χ2v) is 7.04. The first kappa shape index (κ1) is 16.1. The zero-order valence-corrected chi connectivity index (χ0v) is 14.6. The highest BCUT2D eigenvalue weighted by molar-refractivity contribution is 5.85. The SMILES string of the molecule is CN(c1cccnn1)C1CCN(C(=O)[C@H]2CCc3ccccc32)CC1. The Kier molecular flexibility index (Phi) is 4.38. The number of aryl methyl sites for hydroxylation is 1. The fourth-order valence-electron chi connectivity index (χ4n) is 4.18. The van der Waals surface area contributed by atoms with Crippen LogP contribution in [0.3, 0.4) is 0 Å². The van der Waals surface area contributed by atoms with E-state index in [0.717, 1.165) is 44.6 Å². The lowest BCUT2D eigenvalue weighted by Crippen LogP contribution is -2.47. The van der Waals surface area contributed by atoms with Crippen LogP contribution in [0.1, 0.15) is 36.3 Å². The summed E-state index contributed by atoms with van der Waals surface area (Å²) in [5.41, 5.74) is 2.59. The molecule has 1 aromatic carbocycles. The monoisotopic (exact) mass is 336 g/mol. The molecule has 1 amide bonds. The molecule has 0 radical (unpaired) electrons. The van der Waals surface area contributed by atoms with Crippen molar-refractivity contribution < 1.29 is 4.79 Å². The van der Waals surface area contributed by atoms with Crippen molar-refractivity contribution in [2.45, 2.75) is 37.6 Å². The molecule has 1 aromatic heterocycles. The number of anilines is 1. The number of nitrogens with zero attached hydrogens (tertiary/aromatic N) is 4. The number of carbonyl (C=O) groups excluding carboxylic acids is 1. The van der Waals surface area contributed by atoms with Crippen LogP contribution < -0.4 is 4.90 Å². The van der Waals surface area contributed by atoms with Crippen LogP contribution >= 0.6 is 0 Å². The smallest absolute Gasteiger partial charge is 0.230 e. The summed E-state index contributed by atoms with van der Waals surface area (Å²) in [6.45, 7) is 1.65. The van der Waals surface area contributed by atoms with Gasteiger partial charge in [0.1, 0.15) is 0 Å². The lowest BCUT2D eigenvalue weighted by Gasteiger charge is -2.38. The molecule has 0 unspecified atom stereocenters. The number of fused-ring (bicyclic) bond motifs is 1.